The van der Waals surface area contributed by atoms with Crippen LogP contribution in [0.3, 0.4) is 0 Å². The lowest BCUT2D eigenvalue weighted by molar-refractivity contribution is 0.619. The Labute approximate surface area is 128 Å². The summed E-state index contributed by atoms with van der Waals surface area (Å²) in [6, 6.07) is 6.76. The van der Waals surface area contributed by atoms with E-state index in [4.69, 9.17) is 0 Å². The van der Waals surface area contributed by atoms with Crippen molar-refractivity contribution in [2.45, 2.75) is 25.4 Å². The molecule has 0 saturated carbocycles. The summed E-state index contributed by atoms with van der Waals surface area (Å²) in [6.07, 6.45) is 2.96. The van der Waals surface area contributed by atoms with E-state index in [9.17, 15) is 4.39 Å². The van der Waals surface area contributed by atoms with Gasteiger partial charge in [0.1, 0.15) is 17.5 Å². The Morgan fingerprint density at radius 1 is 1.19 bits per heavy atom. The molecule has 2 N–H and O–H groups in total. The fourth-order valence-electron chi connectivity index (χ4n) is 1.79. The van der Waals surface area contributed by atoms with Gasteiger partial charge in [-0.05, 0) is 43.4 Å². The zero-order valence-electron chi connectivity index (χ0n) is 12.4. The number of benzene rings is 1. The SMILES string of the molecule is CCCNc1cc(Nc2ccc(F)c(C)c2)nc(SC)n1. The summed E-state index contributed by atoms with van der Waals surface area (Å²) in [7, 11) is 0. The number of halogens is 1. The predicted octanol–water partition coefficient (Wildman–Crippen LogP) is 4.21. The van der Waals surface area contributed by atoms with Gasteiger partial charge >= 0.3 is 0 Å². The first-order valence-corrected chi connectivity index (χ1v) is 8.05. The summed E-state index contributed by atoms with van der Waals surface area (Å²) in [5.74, 6) is 1.27. The van der Waals surface area contributed by atoms with Crippen LogP contribution in [0.5, 0.6) is 0 Å². The molecule has 0 spiro atoms. The Balaban J connectivity index is 2.23. The summed E-state index contributed by atoms with van der Waals surface area (Å²) in [5, 5.41) is 7.14. The molecule has 0 aliphatic rings. The van der Waals surface area contributed by atoms with Crippen LogP contribution < -0.4 is 10.6 Å². The van der Waals surface area contributed by atoms with E-state index in [1.165, 1.54) is 17.8 Å². The summed E-state index contributed by atoms with van der Waals surface area (Å²) in [5.41, 5.74) is 1.41. The molecule has 21 heavy (non-hydrogen) atoms. The van der Waals surface area contributed by atoms with Gasteiger partial charge in [-0.25, -0.2) is 14.4 Å². The van der Waals surface area contributed by atoms with Gasteiger partial charge in [0, 0.05) is 18.3 Å². The number of nitrogens with zero attached hydrogens (tertiary/aromatic N) is 2. The summed E-state index contributed by atoms with van der Waals surface area (Å²) in [6.45, 7) is 4.70. The van der Waals surface area contributed by atoms with Crippen molar-refractivity contribution in [2.75, 3.05) is 23.4 Å². The van der Waals surface area contributed by atoms with E-state index in [2.05, 4.69) is 27.5 Å². The molecule has 4 nitrogen and oxygen atoms in total. The van der Waals surface area contributed by atoms with Gasteiger partial charge in [-0.2, -0.15) is 0 Å². The summed E-state index contributed by atoms with van der Waals surface area (Å²) in [4.78, 5) is 8.82. The van der Waals surface area contributed by atoms with E-state index >= 15 is 0 Å². The number of anilines is 3. The lowest BCUT2D eigenvalue weighted by Gasteiger charge is -2.11. The molecular formula is C15H19FN4S. The molecule has 0 saturated heterocycles. The molecule has 1 aromatic heterocycles. The van der Waals surface area contributed by atoms with Crippen LogP contribution in [0.4, 0.5) is 21.7 Å². The number of nitrogens with one attached hydrogen (secondary N) is 2. The van der Waals surface area contributed by atoms with Gasteiger partial charge in [0.25, 0.3) is 0 Å². The van der Waals surface area contributed by atoms with Gasteiger partial charge < -0.3 is 10.6 Å². The van der Waals surface area contributed by atoms with E-state index in [1.807, 2.05) is 12.3 Å². The maximum Gasteiger partial charge on any atom is 0.191 e. The van der Waals surface area contributed by atoms with Crippen molar-refractivity contribution in [2.24, 2.45) is 0 Å². The Bertz CT molecular complexity index is 619. The van der Waals surface area contributed by atoms with Crippen LogP contribution in [0.2, 0.25) is 0 Å². The maximum atomic E-state index is 13.3. The molecular weight excluding hydrogens is 287 g/mol. The first-order valence-electron chi connectivity index (χ1n) is 6.82. The van der Waals surface area contributed by atoms with Crippen molar-refractivity contribution in [1.82, 2.24) is 9.97 Å². The number of hydrogen-bond donors (Lipinski definition) is 2. The van der Waals surface area contributed by atoms with Crippen molar-refractivity contribution < 1.29 is 4.39 Å². The van der Waals surface area contributed by atoms with Gasteiger partial charge in [-0.3, -0.25) is 0 Å². The fraction of sp³-hybridized carbons (Fsp3) is 0.333. The molecule has 2 rings (SSSR count). The lowest BCUT2D eigenvalue weighted by atomic mass is 10.2. The van der Waals surface area contributed by atoms with Crippen molar-refractivity contribution in [1.29, 1.82) is 0 Å². The Morgan fingerprint density at radius 2 is 1.95 bits per heavy atom. The molecule has 0 radical (unpaired) electrons. The lowest BCUT2D eigenvalue weighted by Crippen LogP contribution is -2.05. The minimum atomic E-state index is -0.210. The monoisotopic (exact) mass is 306 g/mol. The smallest absolute Gasteiger partial charge is 0.191 e. The Morgan fingerprint density at radius 3 is 2.62 bits per heavy atom. The van der Waals surface area contributed by atoms with Crippen LogP contribution >= 0.6 is 11.8 Å². The third-order valence-electron chi connectivity index (χ3n) is 2.87. The minimum Gasteiger partial charge on any atom is -0.370 e. The highest BCUT2D eigenvalue weighted by Gasteiger charge is 2.05. The molecule has 0 fully saturated rings. The second kappa shape index (κ2) is 7.26. The van der Waals surface area contributed by atoms with Crippen LogP contribution in [0.15, 0.2) is 29.4 Å². The first-order chi connectivity index (χ1) is 10.1. The van der Waals surface area contributed by atoms with Crippen molar-refractivity contribution >= 4 is 29.1 Å². The molecule has 0 amide bonds. The van der Waals surface area contributed by atoms with Gasteiger partial charge in [0.05, 0.1) is 0 Å². The summed E-state index contributed by atoms with van der Waals surface area (Å²) >= 11 is 1.48. The molecule has 112 valence electrons. The number of rotatable bonds is 6. The van der Waals surface area contributed by atoms with Crippen LogP contribution in [0.1, 0.15) is 18.9 Å². The van der Waals surface area contributed by atoms with E-state index in [0.717, 1.165) is 24.5 Å². The highest BCUT2D eigenvalue weighted by Crippen LogP contribution is 2.22. The Hall–Kier alpha value is -1.82. The quantitative estimate of drug-likeness (QED) is 0.618. The Kier molecular flexibility index (Phi) is 5.38. The molecule has 0 aliphatic carbocycles. The number of hydrogen-bond acceptors (Lipinski definition) is 5. The van der Waals surface area contributed by atoms with Gasteiger partial charge in [-0.1, -0.05) is 18.7 Å². The first kappa shape index (κ1) is 15.6. The van der Waals surface area contributed by atoms with Crippen molar-refractivity contribution in [3.05, 3.63) is 35.6 Å². The molecule has 0 unspecified atom stereocenters. The topological polar surface area (TPSA) is 49.8 Å². The standard InChI is InChI=1S/C15H19FN4S/c1-4-7-17-13-9-14(20-15(19-13)21-3)18-11-5-6-12(16)10(2)8-11/h5-6,8-9H,4,7H2,1-3H3,(H2,17,18,19,20). The average molecular weight is 306 g/mol. The molecule has 1 heterocycles. The van der Waals surface area contributed by atoms with E-state index in [-0.39, 0.29) is 5.82 Å². The van der Waals surface area contributed by atoms with Crippen molar-refractivity contribution in [3.63, 3.8) is 0 Å². The zero-order valence-corrected chi connectivity index (χ0v) is 13.2. The van der Waals surface area contributed by atoms with Crippen LogP contribution in [0, 0.1) is 12.7 Å². The third kappa shape index (κ3) is 4.32. The molecule has 0 aliphatic heterocycles. The molecule has 1 aromatic carbocycles. The molecule has 0 atom stereocenters. The molecule has 2 aromatic rings. The van der Waals surface area contributed by atoms with Gasteiger partial charge in [0.2, 0.25) is 0 Å². The van der Waals surface area contributed by atoms with Gasteiger partial charge in [0.15, 0.2) is 5.16 Å². The number of aryl methyl sites for hydroxylation is 1. The van der Waals surface area contributed by atoms with E-state index in [0.29, 0.717) is 16.5 Å². The molecule has 0 bridgehead atoms. The number of aromatic nitrogens is 2. The zero-order chi connectivity index (χ0) is 15.2. The van der Waals surface area contributed by atoms with Crippen LogP contribution in [-0.4, -0.2) is 22.8 Å². The largest absolute Gasteiger partial charge is 0.370 e. The van der Waals surface area contributed by atoms with Gasteiger partial charge in [-0.15, -0.1) is 0 Å². The van der Waals surface area contributed by atoms with E-state index in [1.54, 1.807) is 19.1 Å². The second-order valence-electron chi connectivity index (χ2n) is 4.64. The average Bonchev–Trinajstić information content (AvgIpc) is 2.48. The minimum absolute atomic E-state index is 0.210. The third-order valence-corrected chi connectivity index (χ3v) is 3.42. The maximum absolute atomic E-state index is 13.3. The molecule has 6 heteroatoms. The van der Waals surface area contributed by atoms with E-state index < -0.39 is 0 Å². The summed E-state index contributed by atoms with van der Waals surface area (Å²) < 4.78 is 13.3. The van der Waals surface area contributed by atoms with Crippen LogP contribution in [-0.2, 0) is 0 Å². The normalized spacial score (nSPS) is 10.5. The highest BCUT2D eigenvalue weighted by atomic mass is 32.2. The fourth-order valence-corrected chi connectivity index (χ4v) is 2.17. The van der Waals surface area contributed by atoms with Crippen LogP contribution in [0.25, 0.3) is 0 Å². The predicted molar refractivity (Wildman–Crippen MR) is 87.0 cm³/mol. The number of thioether (sulfide) groups is 1. The second-order valence-corrected chi connectivity index (χ2v) is 5.41. The van der Waals surface area contributed by atoms with Crippen molar-refractivity contribution in [3.8, 4) is 0 Å². The highest BCUT2D eigenvalue weighted by molar-refractivity contribution is 7.98.